The molecule has 0 aliphatic carbocycles. The number of benzene rings is 2. The third kappa shape index (κ3) is 5.92. The van der Waals surface area contributed by atoms with Crippen molar-refractivity contribution in [2.45, 2.75) is 24.3 Å². The number of carbonyl (C=O) groups is 2. The minimum Gasteiger partial charge on any atom is -0.482 e. The summed E-state index contributed by atoms with van der Waals surface area (Å²) in [4.78, 5) is 24.9. The largest absolute Gasteiger partial charge is 0.501 e. The van der Waals surface area contributed by atoms with Gasteiger partial charge in [-0.3, -0.25) is 9.59 Å². The molecule has 0 saturated carbocycles. The van der Waals surface area contributed by atoms with Gasteiger partial charge in [0.1, 0.15) is 5.75 Å². The van der Waals surface area contributed by atoms with Crippen LogP contribution in [0.5, 0.6) is 5.75 Å². The molecule has 12 heteroatoms. The number of sulfone groups is 1. The Morgan fingerprint density at radius 1 is 1.06 bits per heavy atom. The van der Waals surface area contributed by atoms with Gasteiger partial charge in [0.05, 0.1) is 9.92 Å². The summed E-state index contributed by atoms with van der Waals surface area (Å²) in [5.41, 5.74) is -5.24. The van der Waals surface area contributed by atoms with Crippen LogP contribution in [0.4, 0.5) is 18.9 Å². The van der Waals surface area contributed by atoms with Crippen LogP contribution in [-0.2, 0) is 14.6 Å². The summed E-state index contributed by atoms with van der Waals surface area (Å²) in [5, 5.41) is 2.62. The first kappa shape index (κ1) is 25.5. The van der Waals surface area contributed by atoms with Crippen molar-refractivity contribution >= 4 is 38.9 Å². The van der Waals surface area contributed by atoms with Crippen molar-refractivity contribution in [3.8, 4) is 5.75 Å². The molecule has 7 nitrogen and oxygen atoms in total. The number of nitrogens with one attached hydrogen (secondary N) is 1. The van der Waals surface area contributed by atoms with Crippen molar-refractivity contribution in [3.63, 3.8) is 0 Å². The van der Waals surface area contributed by atoms with Gasteiger partial charge in [0.2, 0.25) is 0 Å². The number of carbonyl (C=O) groups excluding carboxylic acids is 2. The molecule has 0 atom stereocenters. The molecule has 32 heavy (non-hydrogen) atoms. The van der Waals surface area contributed by atoms with Gasteiger partial charge in [-0.15, -0.1) is 0 Å². The van der Waals surface area contributed by atoms with Crippen molar-refractivity contribution in [1.82, 2.24) is 4.90 Å². The van der Waals surface area contributed by atoms with E-state index in [1.165, 1.54) is 18.2 Å². The van der Waals surface area contributed by atoms with Crippen LogP contribution in [0.2, 0.25) is 5.02 Å². The highest BCUT2D eigenvalue weighted by molar-refractivity contribution is 7.92. The predicted molar refractivity (Wildman–Crippen MR) is 113 cm³/mol. The highest BCUT2D eigenvalue weighted by Crippen LogP contribution is 2.31. The number of likely N-dealkylation sites (N-methyl/N-ethyl adjacent to an activating group) is 1. The van der Waals surface area contributed by atoms with Crippen LogP contribution in [0.1, 0.15) is 24.2 Å². The Hall–Kier alpha value is -2.79. The Balaban J connectivity index is 2.06. The van der Waals surface area contributed by atoms with E-state index < -0.39 is 26.1 Å². The van der Waals surface area contributed by atoms with Gasteiger partial charge in [-0.05, 0) is 56.3 Å². The first-order valence-electron chi connectivity index (χ1n) is 9.33. The van der Waals surface area contributed by atoms with Gasteiger partial charge in [0.15, 0.2) is 6.61 Å². The van der Waals surface area contributed by atoms with E-state index in [4.69, 9.17) is 16.3 Å². The molecule has 0 bridgehead atoms. The molecule has 174 valence electrons. The summed E-state index contributed by atoms with van der Waals surface area (Å²) in [6, 6.07) is 7.62. The standard InChI is InChI=1S/C20H20ClF3N2O5S/c1-3-26(4-2)18(27)12-31-17-10-7-14(11-16(17)21)25-19(28)13-5-8-15(9-6-13)32(29,30)20(22,23)24/h5-11H,3-4,12H2,1-2H3,(H,25,28). The van der Waals surface area contributed by atoms with Crippen molar-refractivity contribution in [2.24, 2.45) is 0 Å². The molecule has 0 saturated heterocycles. The second kappa shape index (κ2) is 10.2. The minimum atomic E-state index is -5.50. The van der Waals surface area contributed by atoms with Crippen molar-refractivity contribution < 1.29 is 35.9 Å². The van der Waals surface area contributed by atoms with E-state index in [-0.39, 0.29) is 34.5 Å². The quantitative estimate of drug-likeness (QED) is 0.598. The Labute approximate surface area is 188 Å². The molecule has 2 aromatic rings. The molecule has 0 radical (unpaired) electrons. The summed E-state index contributed by atoms with van der Waals surface area (Å²) >= 11 is 6.13. The zero-order chi connectivity index (χ0) is 24.1. The zero-order valence-electron chi connectivity index (χ0n) is 17.1. The lowest BCUT2D eigenvalue weighted by Gasteiger charge is -2.19. The fourth-order valence-electron chi connectivity index (χ4n) is 2.63. The van der Waals surface area contributed by atoms with Gasteiger partial charge in [-0.1, -0.05) is 11.6 Å². The zero-order valence-corrected chi connectivity index (χ0v) is 18.6. The second-order valence-electron chi connectivity index (χ2n) is 6.43. The molecular formula is C20H20ClF3N2O5S. The Morgan fingerprint density at radius 2 is 1.66 bits per heavy atom. The number of rotatable bonds is 8. The van der Waals surface area contributed by atoms with Crippen LogP contribution in [0.25, 0.3) is 0 Å². The molecule has 0 fully saturated rings. The van der Waals surface area contributed by atoms with E-state index >= 15 is 0 Å². The number of alkyl halides is 3. The average molecular weight is 493 g/mol. The molecule has 0 unspecified atom stereocenters. The van der Waals surface area contributed by atoms with E-state index in [1.807, 2.05) is 13.8 Å². The first-order chi connectivity index (χ1) is 14.9. The second-order valence-corrected chi connectivity index (χ2v) is 8.78. The maximum absolute atomic E-state index is 12.6. The number of hydrogen-bond donors (Lipinski definition) is 1. The minimum absolute atomic E-state index is 0.0626. The van der Waals surface area contributed by atoms with Crippen molar-refractivity contribution in [2.75, 3.05) is 25.0 Å². The molecule has 2 amide bonds. The van der Waals surface area contributed by atoms with Gasteiger partial charge >= 0.3 is 5.51 Å². The van der Waals surface area contributed by atoms with E-state index in [0.29, 0.717) is 25.2 Å². The number of amides is 2. The van der Waals surface area contributed by atoms with E-state index in [9.17, 15) is 31.2 Å². The number of hydrogen-bond acceptors (Lipinski definition) is 5. The average Bonchev–Trinajstić information content (AvgIpc) is 2.73. The van der Waals surface area contributed by atoms with Gasteiger partial charge in [-0.2, -0.15) is 13.2 Å². The molecule has 2 aromatic carbocycles. The van der Waals surface area contributed by atoms with Crippen molar-refractivity contribution in [3.05, 3.63) is 53.1 Å². The lowest BCUT2D eigenvalue weighted by Crippen LogP contribution is -2.34. The van der Waals surface area contributed by atoms with Crippen LogP contribution in [0, 0.1) is 0 Å². The van der Waals surface area contributed by atoms with Crippen LogP contribution >= 0.6 is 11.6 Å². The normalized spacial score (nSPS) is 11.7. The predicted octanol–water partition coefficient (Wildman–Crippen LogP) is 4.13. The molecule has 2 rings (SSSR count). The molecule has 0 aliphatic heterocycles. The smallest absolute Gasteiger partial charge is 0.482 e. The third-order valence-corrected chi connectivity index (χ3v) is 6.19. The molecular weight excluding hydrogens is 473 g/mol. The van der Waals surface area contributed by atoms with E-state index in [2.05, 4.69) is 5.32 Å². The highest BCUT2D eigenvalue weighted by atomic mass is 35.5. The van der Waals surface area contributed by atoms with Crippen LogP contribution in [0.3, 0.4) is 0 Å². The van der Waals surface area contributed by atoms with Crippen LogP contribution < -0.4 is 10.1 Å². The molecule has 0 heterocycles. The lowest BCUT2D eigenvalue weighted by atomic mass is 10.2. The topological polar surface area (TPSA) is 92.8 Å². The van der Waals surface area contributed by atoms with Crippen LogP contribution in [0.15, 0.2) is 47.4 Å². The number of nitrogens with zero attached hydrogens (tertiary/aromatic N) is 1. The molecule has 1 N–H and O–H groups in total. The van der Waals surface area contributed by atoms with Gasteiger partial charge in [0, 0.05) is 24.3 Å². The Kier molecular flexibility index (Phi) is 8.13. The third-order valence-electron chi connectivity index (χ3n) is 4.39. The fourth-order valence-corrected chi connectivity index (χ4v) is 3.62. The van der Waals surface area contributed by atoms with E-state index in [0.717, 1.165) is 12.1 Å². The first-order valence-corrected chi connectivity index (χ1v) is 11.2. The molecule has 0 aromatic heterocycles. The van der Waals surface area contributed by atoms with Gasteiger partial charge < -0.3 is 15.0 Å². The summed E-state index contributed by atoms with van der Waals surface area (Å²) in [6.45, 7) is 4.56. The summed E-state index contributed by atoms with van der Waals surface area (Å²) in [5.74, 6) is -0.672. The van der Waals surface area contributed by atoms with Gasteiger partial charge in [-0.25, -0.2) is 8.42 Å². The highest BCUT2D eigenvalue weighted by Gasteiger charge is 2.46. The maximum Gasteiger partial charge on any atom is 0.501 e. The lowest BCUT2D eigenvalue weighted by molar-refractivity contribution is -0.132. The number of halogens is 4. The van der Waals surface area contributed by atoms with Crippen LogP contribution in [-0.4, -0.2) is 50.3 Å². The Morgan fingerprint density at radius 3 is 2.16 bits per heavy atom. The summed E-state index contributed by atoms with van der Waals surface area (Å²) in [6.07, 6.45) is 0. The summed E-state index contributed by atoms with van der Waals surface area (Å²) in [7, 11) is -5.50. The fraction of sp³-hybridized carbons (Fsp3) is 0.300. The summed E-state index contributed by atoms with van der Waals surface area (Å²) < 4.78 is 66.0. The SMILES string of the molecule is CCN(CC)C(=O)COc1ccc(NC(=O)c2ccc(S(=O)(=O)C(F)(F)F)cc2)cc1Cl. The Bertz CT molecular complexity index is 1090. The number of anilines is 1. The monoisotopic (exact) mass is 492 g/mol. The van der Waals surface area contributed by atoms with E-state index in [1.54, 1.807) is 4.90 Å². The molecule has 0 spiro atoms. The number of ether oxygens (including phenoxy) is 1. The van der Waals surface area contributed by atoms with Gasteiger partial charge in [0.25, 0.3) is 21.7 Å². The molecule has 0 aliphatic rings. The maximum atomic E-state index is 12.6. The van der Waals surface area contributed by atoms with Crippen molar-refractivity contribution in [1.29, 1.82) is 0 Å².